The van der Waals surface area contributed by atoms with E-state index < -0.39 is 0 Å². The zero-order valence-corrected chi connectivity index (χ0v) is 12.9. The van der Waals surface area contributed by atoms with Crippen molar-refractivity contribution in [3.8, 4) is 11.5 Å². The summed E-state index contributed by atoms with van der Waals surface area (Å²) in [5, 5.41) is 3.20. The lowest BCUT2D eigenvalue weighted by Crippen LogP contribution is -2.15. The molecule has 0 saturated carbocycles. The number of halogens is 2. The smallest absolute Gasteiger partial charge is 0.134 e. The molecule has 4 heteroatoms. The lowest BCUT2D eigenvalue weighted by molar-refractivity contribution is 0.462. The van der Waals surface area contributed by atoms with Gasteiger partial charge in [0, 0.05) is 16.6 Å². The molecule has 1 N–H and O–H groups in total. The van der Waals surface area contributed by atoms with Crippen LogP contribution in [-0.4, -0.2) is 6.54 Å². The summed E-state index contributed by atoms with van der Waals surface area (Å²) in [7, 11) is 0. The van der Waals surface area contributed by atoms with Gasteiger partial charge in [0.1, 0.15) is 17.3 Å². The lowest BCUT2D eigenvalue weighted by atomic mass is 10.2. The Balaban J connectivity index is 2.17. The van der Waals surface area contributed by atoms with E-state index in [2.05, 4.69) is 28.2 Å². The van der Waals surface area contributed by atoms with E-state index in [4.69, 9.17) is 4.74 Å². The maximum atomic E-state index is 13.9. The average Bonchev–Trinajstić information content (AvgIpc) is 2.44. The Labute approximate surface area is 127 Å². The molecule has 0 aromatic heterocycles. The van der Waals surface area contributed by atoms with Crippen molar-refractivity contribution in [2.45, 2.75) is 19.9 Å². The molecule has 0 aliphatic carbocycles. The van der Waals surface area contributed by atoms with Gasteiger partial charge in [-0.05, 0) is 49.4 Å². The highest BCUT2D eigenvalue weighted by atomic mass is 79.9. The van der Waals surface area contributed by atoms with Gasteiger partial charge in [0.25, 0.3) is 0 Å². The van der Waals surface area contributed by atoms with Crippen molar-refractivity contribution in [1.29, 1.82) is 0 Å². The Hall–Kier alpha value is -1.39. The van der Waals surface area contributed by atoms with Gasteiger partial charge in [-0.25, -0.2) is 4.39 Å². The molecule has 0 bridgehead atoms. The number of benzene rings is 2. The third-order valence-corrected chi connectivity index (χ3v) is 3.37. The summed E-state index contributed by atoms with van der Waals surface area (Å²) in [5.74, 6) is 0.995. The molecule has 0 atom stereocenters. The highest BCUT2D eigenvalue weighted by Gasteiger charge is 2.10. The zero-order chi connectivity index (χ0) is 14.4. The van der Waals surface area contributed by atoms with Gasteiger partial charge >= 0.3 is 0 Å². The van der Waals surface area contributed by atoms with Crippen molar-refractivity contribution in [3.63, 3.8) is 0 Å². The molecule has 2 rings (SSSR count). The van der Waals surface area contributed by atoms with E-state index in [-0.39, 0.29) is 5.82 Å². The lowest BCUT2D eigenvalue weighted by Gasteiger charge is -2.12. The maximum absolute atomic E-state index is 13.9. The molecule has 2 aromatic rings. The summed E-state index contributed by atoms with van der Waals surface area (Å²) >= 11 is 3.37. The van der Waals surface area contributed by atoms with Crippen LogP contribution in [0.15, 0.2) is 46.9 Å². The summed E-state index contributed by atoms with van der Waals surface area (Å²) in [5.41, 5.74) is 0.559. The minimum atomic E-state index is -0.247. The molecule has 2 aromatic carbocycles. The van der Waals surface area contributed by atoms with Gasteiger partial charge in [0.15, 0.2) is 0 Å². The Morgan fingerprint density at radius 1 is 1.15 bits per heavy atom. The molecule has 0 aliphatic heterocycles. The molecular weight excluding hydrogens is 321 g/mol. The van der Waals surface area contributed by atoms with Crippen LogP contribution in [-0.2, 0) is 6.54 Å². The molecule has 2 nitrogen and oxygen atoms in total. The Kier molecular flexibility index (Phi) is 5.56. The predicted molar refractivity (Wildman–Crippen MR) is 82.6 cm³/mol. The van der Waals surface area contributed by atoms with E-state index >= 15 is 0 Å². The van der Waals surface area contributed by atoms with Crippen LogP contribution in [0.4, 0.5) is 4.39 Å². The Bertz CT molecular complexity index is 557. The largest absolute Gasteiger partial charge is 0.457 e. The standard InChI is InChI=1S/C16H17BrFNO/c1-2-10-19-11-14-15(18)4-3-5-16(14)20-13-8-6-12(17)7-9-13/h3-9,19H,2,10-11H2,1H3. The third kappa shape index (κ3) is 4.05. The molecule has 106 valence electrons. The molecule has 0 spiro atoms. The van der Waals surface area contributed by atoms with Gasteiger partial charge in [0.05, 0.1) is 0 Å². The SMILES string of the molecule is CCCNCc1c(F)cccc1Oc1ccc(Br)cc1. The van der Waals surface area contributed by atoms with Crippen molar-refractivity contribution in [2.75, 3.05) is 6.54 Å². The molecule has 0 aliphatic rings. The van der Waals surface area contributed by atoms with Crippen LogP contribution in [0.5, 0.6) is 11.5 Å². The van der Waals surface area contributed by atoms with E-state index in [0.717, 1.165) is 17.4 Å². The van der Waals surface area contributed by atoms with Crippen LogP contribution in [0.2, 0.25) is 0 Å². The summed E-state index contributed by atoms with van der Waals surface area (Å²) in [6.07, 6.45) is 1.01. The fraction of sp³-hybridized carbons (Fsp3) is 0.250. The number of rotatable bonds is 6. The number of hydrogen-bond donors (Lipinski definition) is 1. The zero-order valence-electron chi connectivity index (χ0n) is 11.3. The van der Waals surface area contributed by atoms with Crippen molar-refractivity contribution in [3.05, 3.63) is 58.3 Å². The Morgan fingerprint density at radius 3 is 2.60 bits per heavy atom. The van der Waals surface area contributed by atoms with Gasteiger partial charge in [-0.15, -0.1) is 0 Å². The van der Waals surface area contributed by atoms with Gasteiger partial charge in [-0.1, -0.05) is 28.9 Å². The first-order chi connectivity index (χ1) is 9.70. The summed E-state index contributed by atoms with van der Waals surface area (Å²) in [4.78, 5) is 0. The molecule has 0 heterocycles. The third-order valence-electron chi connectivity index (χ3n) is 2.85. The minimum absolute atomic E-state index is 0.247. The first-order valence-corrected chi connectivity index (χ1v) is 7.41. The topological polar surface area (TPSA) is 21.3 Å². The van der Waals surface area contributed by atoms with E-state index in [9.17, 15) is 4.39 Å². The molecular formula is C16H17BrFNO. The fourth-order valence-electron chi connectivity index (χ4n) is 1.83. The second-order valence-electron chi connectivity index (χ2n) is 4.45. The highest BCUT2D eigenvalue weighted by molar-refractivity contribution is 9.10. The van der Waals surface area contributed by atoms with Crippen molar-refractivity contribution in [2.24, 2.45) is 0 Å². The van der Waals surface area contributed by atoms with Crippen molar-refractivity contribution < 1.29 is 9.13 Å². The number of nitrogens with one attached hydrogen (secondary N) is 1. The van der Waals surface area contributed by atoms with Gasteiger partial charge < -0.3 is 10.1 Å². The van der Waals surface area contributed by atoms with Crippen LogP contribution in [0.3, 0.4) is 0 Å². The summed E-state index contributed by atoms with van der Waals surface area (Å²) in [6.45, 7) is 3.39. The minimum Gasteiger partial charge on any atom is -0.457 e. The average molecular weight is 338 g/mol. The normalized spacial score (nSPS) is 10.6. The van der Waals surface area contributed by atoms with E-state index in [1.165, 1.54) is 6.07 Å². The van der Waals surface area contributed by atoms with Gasteiger partial charge in [-0.3, -0.25) is 0 Å². The molecule has 0 saturated heterocycles. The molecule has 0 fully saturated rings. The molecule has 0 unspecified atom stereocenters. The summed E-state index contributed by atoms with van der Waals surface area (Å²) in [6, 6.07) is 12.4. The molecule has 0 radical (unpaired) electrons. The quantitative estimate of drug-likeness (QED) is 0.758. The van der Waals surface area contributed by atoms with E-state index in [1.807, 2.05) is 24.3 Å². The monoisotopic (exact) mass is 337 g/mol. The fourth-order valence-corrected chi connectivity index (χ4v) is 2.09. The van der Waals surface area contributed by atoms with Gasteiger partial charge in [-0.2, -0.15) is 0 Å². The van der Waals surface area contributed by atoms with E-state index in [1.54, 1.807) is 12.1 Å². The van der Waals surface area contributed by atoms with Crippen LogP contribution >= 0.6 is 15.9 Å². The predicted octanol–water partition coefficient (Wildman–Crippen LogP) is 4.88. The van der Waals surface area contributed by atoms with Crippen LogP contribution in [0.25, 0.3) is 0 Å². The van der Waals surface area contributed by atoms with Crippen molar-refractivity contribution >= 4 is 15.9 Å². The van der Waals surface area contributed by atoms with Crippen LogP contribution in [0, 0.1) is 5.82 Å². The molecule has 0 amide bonds. The summed E-state index contributed by atoms with van der Waals surface area (Å²) < 4.78 is 20.7. The van der Waals surface area contributed by atoms with Gasteiger partial charge in [0.2, 0.25) is 0 Å². The first kappa shape index (κ1) is 15.0. The first-order valence-electron chi connectivity index (χ1n) is 6.62. The number of hydrogen-bond acceptors (Lipinski definition) is 2. The highest BCUT2D eigenvalue weighted by Crippen LogP contribution is 2.28. The van der Waals surface area contributed by atoms with Crippen molar-refractivity contribution in [1.82, 2.24) is 5.32 Å². The maximum Gasteiger partial charge on any atom is 0.134 e. The van der Waals surface area contributed by atoms with E-state index in [0.29, 0.717) is 23.6 Å². The van der Waals surface area contributed by atoms with Crippen LogP contribution in [0.1, 0.15) is 18.9 Å². The second kappa shape index (κ2) is 7.41. The van der Waals surface area contributed by atoms with Crippen LogP contribution < -0.4 is 10.1 Å². The molecule has 20 heavy (non-hydrogen) atoms. The Morgan fingerprint density at radius 2 is 1.90 bits per heavy atom. The number of ether oxygens (including phenoxy) is 1. The second-order valence-corrected chi connectivity index (χ2v) is 5.36.